The van der Waals surface area contributed by atoms with Gasteiger partial charge in [-0.2, -0.15) is 9.61 Å². The first-order valence-electron chi connectivity index (χ1n) is 7.66. The van der Waals surface area contributed by atoms with Crippen LogP contribution in [0.25, 0.3) is 17.2 Å². The van der Waals surface area contributed by atoms with Crippen LogP contribution in [0.15, 0.2) is 71.9 Å². The molecule has 0 aliphatic carbocycles. The minimum Gasteiger partial charge on any atom is -0.293 e. The number of rotatable bonds is 5. The van der Waals surface area contributed by atoms with E-state index in [2.05, 4.69) is 20.3 Å². The van der Waals surface area contributed by atoms with E-state index in [0.717, 1.165) is 5.03 Å². The largest absolute Gasteiger partial charge is 0.293 e. The van der Waals surface area contributed by atoms with Gasteiger partial charge in [0.15, 0.2) is 11.4 Å². The highest BCUT2D eigenvalue weighted by Gasteiger charge is 2.12. The third kappa shape index (κ3) is 3.27. The van der Waals surface area contributed by atoms with Crippen LogP contribution in [0.3, 0.4) is 0 Å². The van der Waals surface area contributed by atoms with Gasteiger partial charge in [0.1, 0.15) is 10.7 Å². The molecule has 0 aliphatic heterocycles. The topological polar surface area (TPSA) is 73.0 Å². The zero-order valence-corrected chi connectivity index (χ0v) is 13.9. The number of pyridine rings is 1. The van der Waals surface area contributed by atoms with Crippen LogP contribution in [0.4, 0.5) is 0 Å². The van der Waals surface area contributed by atoms with Crippen LogP contribution in [-0.2, 0) is 0 Å². The summed E-state index contributed by atoms with van der Waals surface area (Å²) in [4.78, 5) is 16.5. The first kappa shape index (κ1) is 15.5. The molecule has 0 unspecified atom stereocenters. The summed E-state index contributed by atoms with van der Waals surface area (Å²) in [6.45, 7) is 0. The van der Waals surface area contributed by atoms with E-state index in [1.807, 2.05) is 60.7 Å². The van der Waals surface area contributed by atoms with Gasteiger partial charge in [-0.05, 0) is 24.3 Å². The summed E-state index contributed by atoms with van der Waals surface area (Å²) >= 11 is 1.39. The average Bonchev–Trinajstić information content (AvgIpc) is 3.10. The van der Waals surface area contributed by atoms with Gasteiger partial charge in [-0.25, -0.2) is 0 Å². The lowest BCUT2D eigenvalue weighted by molar-refractivity contribution is 0.102. The number of benzene rings is 1. The van der Waals surface area contributed by atoms with Gasteiger partial charge in [0, 0.05) is 11.8 Å². The summed E-state index contributed by atoms with van der Waals surface area (Å²) in [6, 6.07) is 18.5. The fourth-order valence-corrected chi connectivity index (χ4v) is 3.10. The van der Waals surface area contributed by atoms with E-state index in [0.29, 0.717) is 28.5 Å². The number of thioether (sulfide) groups is 1. The number of hydrogen-bond acceptors (Lipinski definition) is 6. The highest BCUT2D eigenvalue weighted by Crippen LogP contribution is 2.20. The van der Waals surface area contributed by atoms with Gasteiger partial charge >= 0.3 is 0 Å². The second-order valence-electron chi connectivity index (χ2n) is 5.26. The summed E-state index contributed by atoms with van der Waals surface area (Å²) in [5.41, 5.74) is 2.04. The number of Topliss-reactive ketones (excluding diaryl/α,β-unsaturated/α-hetero) is 1. The maximum Gasteiger partial charge on any atom is 0.203 e. The van der Waals surface area contributed by atoms with Gasteiger partial charge in [-0.15, -0.1) is 10.2 Å². The maximum absolute atomic E-state index is 12.2. The molecule has 4 aromatic rings. The van der Waals surface area contributed by atoms with Gasteiger partial charge in [0.25, 0.3) is 0 Å². The van der Waals surface area contributed by atoms with Crippen LogP contribution in [0.5, 0.6) is 0 Å². The first-order valence-corrected chi connectivity index (χ1v) is 8.65. The normalized spacial score (nSPS) is 10.9. The monoisotopic (exact) mass is 347 g/mol. The third-order valence-corrected chi connectivity index (χ3v) is 4.50. The Labute approximate surface area is 147 Å². The van der Waals surface area contributed by atoms with Gasteiger partial charge in [0.05, 0.1) is 5.75 Å². The molecule has 0 fully saturated rings. The van der Waals surface area contributed by atoms with E-state index >= 15 is 0 Å². The molecule has 1 aromatic carbocycles. The molecule has 0 radical (unpaired) electrons. The molecule has 7 heteroatoms. The Morgan fingerprint density at radius 1 is 0.960 bits per heavy atom. The molecule has 0 saturated heterocycles. The fourth-order valence-electron chi connectivity index (χ4n) is 2.35. The molecule has 0 bridgehead atoms. The van der Waals surface area contributed by atoms with Crippen LogP contribution in [0, 0.1) is 0 Å². The lowest BCUT2D eigenvalue weighted by Crippen LogP contribution is -2.03. The fraction of sp³-hybridized carbons (Fsp3) is 0.0556. The van der Waals surface area contributed by atoms with Gasteiger partial charge < -0.3 is 0 Å². The number of carbonyl (C=O) groups is 1. The van der Waals surface area contributed by atoms with Crippen molar-refractivity contribution in [2.24, 2.45) is 0 Å². The van der Waals surface area contributed by atoms with Crippen molar-refractivity contribution in [1.29, 1.82) is 0 Å². The van der Waals surface area contributed by atoms with Crippen molar-refractivity contribution in [3.63, 3.8) is 0 Å². The van der Waals surface area contributed by atoms with Crippen molar-refractivity contribution in [3.8, 4) is 11.5 Å². The number of ketones is 1. The van der Waals surface area contributed by atoms with Gasteiger partial charge in [-0.1, -0.05) is 48.2 Å². The number of nitrogens with zero attached hydrogens (tertiary/aromatic N) is 5. The molecule has 0 atom stereocenters. The van der Waals surface area contributed by atoms with Crippen molar-refractivity contribution >= 4 is 23.2 Å². The predicted octanol–water partition coefficient (Wildman–Crippen LogP) is 3.16. The lowest BCUT2D eigenvalue weighted by atomic mass is 10.2. The third-order valence-electron chi connectivity index (χ3n) is 3.58. The molecular formula is C18H13N5OS. The van der Waals surface area contributed by atoms with Crippen LogP contribution in [0.2, 0.25) is 0 Å². The molecule has 4 rings (SSSR count). The molecular weight excluding hydrogens is 334 g/mol. The Kier molecular flexibility index (Phi) is 4.22. The zero-order valence-electron chi connectivity index (χ0n) is 13.1. The Hall–Kier alpha value is -3.06. The Bertz CT molecular complexity index is 1020. The van der Waals surface area contributed by atoms with Crippen molar-refractivity contribution in [1.82, 2.24) is 24.8 Å². The van der Waals surface area contributed by atoms with E-state index in [4.69, 9.17) is 0 Å². The van der Waals surface area contributed by atoms with E-state index in [1.165, 1.54) is 11.8 Å². The number of aromatic nitrogens is 5. The van der Waals surface area contributed by atoms with Crippen LogP contribution in [0.1, 0.15) is 10.4 Å². The smallest absolute Gasteiger partial charge is 0.203 e. The quantitative estimate of drug-likeness (QED) is 0.408. The number of carbonyl (C=O) groups excluding carboxylic acids is 1. The van der Waals surface area contributed by atoms with Crippen molar-refractivity contribution in [2.75, 3.05) is 5.75 Å². The molecule has 3 aromatic heterocycles. The SMILES string of the molecule is O=C(CSc1ccc2nnc(-c3ccccn3)n2n1)c1ccccc1. The first-order chi connectivity index (χ1) is 12.3. The van der Waals surface area contributed by atoms with Crippen molar-refractivity contribution < 1.29 is 4.79 Å². The summed E-state index contributed by atoms with van der Waals surface area (Å²) in [7, 11) is 0. The van der Waals surface area contributed by atoms with E-state index in [1.54, 1.807) is 10.7 Å². The van der Waals surface area contributed by atoms with Crippen molar-refractivity contribution in [3.05, 3.63) is 72.4 Å². The maximum atomic E-state index is 12.2. The molecule has 25 heavy (non-hydrogen) atoms. The Morgan fingerprint density at radius 2 is 1.80 bits per heavy atom. The standard InChI is InChI=1S/C18H13N5OS/c24-15(13-6-2-1-3-7-13)12-25-17-10-9-16-20-21-18(23(16)22-17)14-8-4-5-11-19-14/h1-11H,12H2. The second kappa shape index (κ2) is 6.82. The highest BCUT2D eigenvalue weighted by atomic mass is 32.2. The predicted molar refractivity (Wildman–Crippen MR) is 95.5 cm³/mol. The highest BCUT2D eigenvalue weighted by molar-refractivity contribution is 7.99. The van der Waals surface area contributed by atoms with Gasteiger partial charge in [-0.3, -0.25) is 9.78 Å². The molecule has 0 spiro atoms. The summed E-state index contributed by atoms with van der Waals surface area (Å²) in [6.07, 6.45) is 1.70. The number of fused-ring (bicyclic) bond motifs is 1. The lowest BCUT2D eigenvalue weighted by Gasteiger charge is -2.03. The van der Waals surface area contributed by atoms with E-state index in [-0.39, 0.29) is 5.78 Å². The van der Waals surface area contributed by atoms with Crippen molar-refractivity contribution in [2.45, 2.75) is 5.03 Å². The van der Waals surface area contributed by atoms with Crippen LogP contribution < -0.4 is 0 Å². The molecule has 0 N–H and O–H groups in total. The summed E-state index contributed by atoms with van der Waals surface area (Å²) < 4.78 is 1.65. The van der Waals surface area contributed by atoms with E-state index < -0.39 is 0 Å². The number of hydrogen-bond donors (Lipinski definition) is 0. The molecule has 0 aliphatic rings. The molecule has 0 saturated carbocycles. The average molecular weight is 347 g/mol. The summed E-state index contributed by atoms with van der Waals surface area (Å²) in [5, 5.41) is 13.5. The van der Waals surface area contributed by atoms with Gasteiger partial charge in [0.2, 0.25) is 5.82 Å². The van der Waals surface area contributed by atoms with E-state index in [9.17, 15) is 4.79 Å². The molecule has 3 heterocycles. The molecule has 0 amide bonds. The Morgan fingerprint density at radius 3 is 2.60 bits per heavy atom. The minimum absolute atomic E-state index is 0.0706. The molecule has 6 nitrogen and oxygen atoms in total. The Balaban J connectivity index is 1.58. The summed E-state index contributed by atoms with van der Waals surface area (Å²) in [5.74, 6) is 0.970. The molecule has 122 valence electrons. The zero-order chi connectivity index (χ0) is 17.1. The van der Waals surface area contributed by atoms with Crippen LogP contribution in [-0.4, -0.2) is 36.3 Å². The second-order valence-corrected chi connectivity index (χ2v) is 6.25. The minimum atomic E-state index is 0.0706. The van der Waals surface area contributed by atoms with Crippen LogP contribution >= 0.6 is 11.8 Å².